The van der Waals surface area contributed by atoms with Gasteiger partial charge in [-0.05, 0) is 6.07 Å². The molecule has 0 aromatic heterocycles. The van der Waals surface area contributed by atoms with Gasteiger partial charge in [0, 0.05) is 25.6 Å². The lowest BCUT2D eigenvalue weighted by molar-refractivity contribution is -0.387. The summed E-state index contributed by atoms with van der Waals surface area (Å²) in [5.41, 5.74) is -1.77. The zero-order valence-corrected chi connectivity index (χ0v) is 11.3. The summed E-state index contributed by atoms with van der Waals surface area (Å²) < 4.78 is 31.4. The number of para-hydroxylation sites is 1. The summed E-state index contributed by atoms with van der Waals surface area (Å²) in [6, 6.07) is 5.04. The molecule has 0 radical (unpaired) electrons. The number of aliphatic hydroxyl groups is 1. The molecule has 1 saturated heterocycles. The van der Waals surface area contributed by atoms with Gasteiger partial charge in [-0.2, -0.15) is 0 Å². The van der Waals surface area contributed by atoms with Gasteiger partial charge in [0.1, 0.15) is 5.60 Å². The van der Waals surface area contributed by atoms with E-state index in [-0.39, 0.29) is 13.2 Å². The Morgan fingerprint density at radius 2 is 2.15 bits per heavy atom. The van der Waals surface area contributed by atoms with Crippen LogP contribution < -0.4 is 4.72 Å². The first-order valence-electron chi connectivity index (χ1n) is 5.87. The Labute approximate surface area is 115 Å². The summed E-state index contributed by atoms with van der Waals surface area (Å²) in [5, 5.41) is 20.8. The van der Waals surface area contributed by atoms with Crippen LogP contribution in [0.2, 0.25) is 0 Å². The highest BCUT2D eigenvalue weighted by atomic mass is 32.2. The van der Waals surface area contributed by atoms with E-state index in [1.165, 1.54) is 12.1 Å². The molecule has 2 N–H and O–H groups in total. The van der Waals surface area contributed by atoms with Crippen LogP contribution in [-0.2, 0) is 14.8 Å². The molecule has 0 saturated carbocycles. The molecule has 110 valence electrons. The van der Waals surface area contributed by atoms with E-state index >= 15 is 0 Å². The lowest BCUT2D eigenvalue weighted by Crippen LogP contribution is -2.43. The van der Waals surface area contributed by atoms with Crippen LogP contribution in [0.1, 0.15) is 6.42 Å². The van der Waals surface area contributed by atoms with Gasteiger partial charge in [0.2, 0.25) is 10.0 Å². The highest BCUT2D eigenvalue weighted by molar-refractivity contribution is 7.89. The van der Waals surface area contributed by atoms with E-state index in [9.17, 15) is 23.6 Å². The van der Waals surface area contributed by atoms with Crippen molar-refractivity contribution in [2.75, 3.05) is 19.8 Å². The maximum Gasteiger partial charge on any atom is 0.289 e. The Morgan fingerprint density at radius 3 is 2.75 bits per heavy atom. The Hall–Kier alpha value is -1.55. The Balaban J connectivity index is 2.20. The molecule has 0 aliphatic carbocycles. The van der Waals surface area contributed by atoms with Gasteiger partial charge in [-0.3, -0.25) is 10.1 Å². The van der Waals surface area contributed by atoms with Gasteiger partial charge in [0.25, 0.3) is 5.69 Å². The highest BCUT2D eigenvalue weighted by Crippen LogP contribution is 2.24. The average molecular weight is 302 g/mol. The highest BCUT2D eigenvalue weighted by Gasteiger charge is 2.35. The minimum atomic E-state index is -4.07. The maximum atomic E-state index is 12.1. The molecular formula is C11H14N2O6S. The molecule has 0 bridgehead atoms. The van der Waals surface area contributed by atoms with Crippen LogP contribution in [0.3, 0.4) is 0 Å². The van der Waals surface area contributed by atoms with Crippen LogP contribution in [0.15, 0.2) is 29.2 Å². The number of ether oxygens (including phenoxy) is 1. The SMILES string of the molecule is O=[N+]([O-])c1ccccc1S(=O)(=O)NCC1(O)CCOC1. The van der Waals surface area contributed by atoms with E-state index in [4.69, 9.17) is 4.74 Å². The fraction of sp³-hybridized carbons (Fsp3) is 0.455. The number of nitro groups is 1. The molecule has 1 atom stereocenters. The van der Waals surface area contributed by atoms with Crippen LogP contribution in [0.25, 0.3) is 0 Å². The Bertz CT molecular complexity index is 609. The number of sulfonamides is 1. The molecule has 8 nitrogen and oxygen atoms in total. The fourth-order valence-electron chi connectivity index (χ4n) is 1.88. The third-order valence-electron chi connectivity index (χ3n) is 3.03. The van der Waals surface area contributed by atoms with Gasteiger partial charge < -0.3 is 9.84 Å². The van der Waals surface area contributed by atoms with Crippen LogP contribution >= 0.6 is 0 Å². The lowest BCUT2D eigenvalue weighted by atomic mass is 10.1. The normalized spacial score (nSPS) is 22.9. The number of nitrogens with zero attached hydrogens (tertiary/aromatic N) is 1. The van der Waals surface area contributed by atoms with E-state index in [1.54, 1.807) is 0 Å². The molecule has 1 aliphatic rings. The van der Waals surface area contributed by atoms with Gasteiger partial charge in [-0.1, -0.05) is 12.1 Å². The smallest absolute Gasteiger partial charge is 0.289 e. The minimum Gasteiger partial charge on any atom is -0.386 e. The topological polar surface area (TPSA) is 119 Å². The van der Waals surface area contributed by atoms with Gasteiger partial charge in [-0.15, -0.1) is 0 Å². The van der Waals surface area contributed by atoms with Crippen LogP contribution in [-0.4, -0.2) is 43.8 Å². The monoisotopic (exact) mass is 302 g/mol. The largest absolute Gasteiger partial charge is 0.386 e. The second kappa shape index (κ2) is 5.44. The van der Waals surface area contributed by atoms with Crippen molar-refractivity contribution in [1.82, 2.24) is 4.72 Å². The molecule has 1 aromatic rings. The molecule has 1 unspecified atom stereocenters. The zero-order valence-electron chi connectivity index (χ0n) is 10.5. The van der Waals surface area contributed by atoms with Gasteiger partial charge in [0.15, 0.2) is 4.90 Å². The van der Waals surface area contributed by atoms with Crippen LogP contribution in [0.5, 0.6) is 0 Å². The lowest BCUT2D eigenvalue weighted by Gasteiger charge is -2.20. The summed E-state index contributed by atoms with van der Waals surface area (Å²) in [5.74, 6) is 0. The number of nitro benzene ring substituents is 1. The maximum absolute atomic E-state index is 12.1. The van der Waals surface area contributed by atoms with Gasteiger partial charge in [-0.25, -0.2) is 13.1 Å². The summed E-state index contributed by atoms with van der Waals surface area (Å²) in [6.45, 7) is 0.136. The van der Waals surface area contributed by atoms with Crippen molar-refractivity contribution in [3.8, 4) is 0 Å². The molecule has 1 fully saturated rings. The third-order valence-corrected chi connectivity index (χ3v) is 4.47. The Kier molecular flexibility index (Phi) is 4.04. The zero-order chi connectivity index (χ0) is 14.8. The van der Waals surface area contributed by atoms with Crippen molar-refractivity contribution in [1.29, 1.82) is 0 Å². The van der Waals surface area contributed by atoms with Crippen LogP contribution in [0, 0.1) is 10.1 Å². The second-order valence-corrected chi connectivity index (χ2v) is 6.31. The molecule has 20 heavy (non-hydrogen) atoms. The second-order valence-electron chi connectivity index (χ2n) is 4.58. The van der Waals surface area contributed by atoms with E-state index in [1.807, 2.05) is 0 Å². The van der Waals surface area contributed by atoms with Crippen LogP contribution in [0.4, 0.5) is 5.69 Å². The predicted molar refractivity (Wildman–Crippen MR) is 68.7 cm³/mol. The molecule has 0 spiro atoms. The van der Waals surface area contributed by atoms with E-state index < -0.39 is 31.1 Å². The molecule has 1 heterocycles. The summed E-state index contributed by atoms with van der Waals surface area (Å²) >= 11 is 0. The van der Waals surface area contributed by atoms with E-state index in [0.717, 1.165) is 12.1 Å². The standard InChI is InChI=1S/C11H14N2O6S/c14-11(5-6-19-8-11)7-12-20(17,18)10-4-2-1-3-9(10)13(15)16/h1-4,12,14H,5-8H2. The number of rotatable bonds is 5. The van der Waals surface area contributed by atoms with Crippen molar-refractivity contribution in [2.45, 2.75) is 16.9 Å². The Morgan fingerprint density at radius 1 is 1.45 bits per heavy atom. The third kappa shape index (κ3) is 3.12. The van der Waals surface area contributed by atoms with Crippen molar-refractivity contribution < 1.29 is 23.2 Å². The summed E-state index contributed by atoms with van der Waals surface area (Å²) in [7, 11) is -4.07. The van der Waals surface area contributed by atoms with Gasteiger partial charge >= 0.3 is 0 Å². The van der Waals surface area contributed by atoms with Gasteiger partial charge in [0.05, 0.1) is 11.5 Å². The number of benzene rings is 1. The summed E-state index contributed by atoms with van der Waals surface area (Å²) in [6.07, 6.45) is 0.312. The fourth-order valence-corrected chi connectivity index (χ4v) is 3.17. The van der Waals surface area contributed by atoms with E-state index in [0.29, 0.717) is 13.0 Å². The quantitative estimate of drug-likeness (QED) is 0.585. The van der Waals surface area contributed by atoms with E-state index in [2.05, 4.69) is 4.72 Å². The molecule has 1 aromatic carbocycles. The van der Waals surface area contributed by atoms with Crippen molar-refractivity contribution >= 4 is 15.7 Å². The van der Waals surface area contributed by atoms with Crippen molar-refractivity contribution in [2.24, 2.45) is 0 Å². The summed E-state index contributed by atoms with van der Waals surface area (Å²) in [4.78, 5) is 9.65. The molecule has 0 amide bonds. The van der Waals surface area contributed by atoms with Crippen molar-refractivity contribution in [3.63, 3.8) is 0 Å². The molecular weight excluding hydrogens is 288 g/mol. The number of nitrogens with one attached hydrogen (secondary N) is 1. The number of hydrogen-bond donors (Lipinski definition) is 2. The minimum absolute atomic E-state index is 0.0341. The first kappa shape index (κ1) is 14.9. The average Bonchev–Trinajstić information content (AvgIpc) is 2.84. The molecule has 1 aliphatic heterocycles. The predicted octanol–water partition coefficient (Wildman–Crippen LogP) is 0.0245. The molecule has 9 heteroatoms. The molecule has 2 rings (SSSR count). The van der Waals surface area contributed by atoms with Crippen molar-refractivity contribution in [3.05, 3.63) is 34.4 Å². The first-order valence-corrected chi connectivity index (χ1v) is 7.36. The first-order chi connectivity index (χ1) is 9.34. The number of hydrogen-bond acceptors (Lipinski definition) is 6.